The van der Waals surface area contributed by atoms with E-state index in [0.29, 0.717) is 11.7 Å². The molecule has 0 atom stereocenters. The number of rotatable bonds is 6. The molecule has 0 N–H and O–H groups in total. The molecule has 2 heteroatoms. The van der Waals surface area contributed by atoms with Crippen molar-refractivity contribution >= 4 is 17.5 Å². The minimum absolute atomic E-state index is 0.437. The molecule has 0 heterocycles. The number of hydrogen-bond acceptors (Lipinski definition) is 2. The molecule has 1 aliphatic carbocycles. The Hall–Kier alpha value is -0.760. The van der Waals surface area contributed by atoms with Crippen LogP contribution in [0, 0.1) is 5.92 Å². The molecule has 0 bridgehead atoms. The van der Waals surface area contributed by atoms with Crippen molar-refractivity contribution in [1.82, 2.24) is 0 Å². The van der Waals surface area contributed by atoms with Gasteiger partial charge in [0, 0.05) is 17.2 Å². The number of benzene rings is 1. The van der Waals surface area contributed by atoms with Crippen molar-refractivity contribution in [2.24, 2.45) is 5.92 Å². The molecule has 1 aromatic carbocycles. The molecule has 2 rings (SSSR count). The second kappa shape index (κ2) is 5.36. The lowest BCUT2D eigenvalue weighted by Crippen LogP contribution is -2.00. The minimum Gasteiger partial charge on any atom is -0.299 e. The van der Waals surface area contributed by atoms with Gasteiger partial charge in [0.25, 0.3) is 0 Å². The van der Waals surface area contributed by atoms with Crippen molar-refractivity contribution < 1.29 is 4.79 Å². The molecule has 0 amide bonds. The van der Waals surface area contributed by atoms with Crippen LogP contribution < -0.4 is 0 Å². The molecule has 1 nitrogen and oxygen atoms in total. The fourth-order valence-electron chi connectivity index (χ4n) is 1.56. The number of thioether (sulfide) groups is 1. The third-order valence-corrected chi connectivity index (χ3v) is 3.71. The van der Waals surface area contributed by atoms with E-state index in [1.807, 2.05) is 17.8 Å². The van der Waals surface area contributed by atoms with Crippen molar-refractivity contribution in [3.8, 4) is 0 Å². The van der Waals surface area contributed by atoms with Crippen LogP contribution in [-0.4, -0.2) is 11.5 Å². The lowest BCUT2D eigenvalue weighted by molar-refractivity contribution is -0.120. The zero-order valence-corrected chi connectivity index (χ0v) is 9.63. The predicted molar refractivity (Wildman–Crippen MR) is 64.1 cm³/mol. The van der Waals surface area contributed by atoms with Crippen molar-refractivity contribution in [2.45, 2.75) is 30.6 Å². The molecule has 0 saturated heterocycles. The highest BCUT2D eigenvalue weighted by Crippen LogP contribution is 2.31. The number of carbonyl (C=O) groups excluding carboxylic acids is 1. The molecule has 0 radical (unpaired) electrons. The average Bonchev–Trinajstić information content (AvgIpc) is 3.09. The molecule has 0 spiro atoms. The Bertz CT molecular complexity index is 317. The Morgan fingerprint density at radius 2 is 2.00 bits per heavy atom. The third-order valence-electron chi connectivity index (χ3n) is 2.61. The summed E-state index contributed by atoms with van der Waals surface area (Å²) < 4.78 is 0. The second-order valence-electron chi connectivity index (χ2n) is 4.01. The Morgan fingerprint density at radius 1 is 1.27 bits per heavy atom. The van der Waals surface area contributed by atoms with Gasteiger partial charge in [-0.1, -0.05) is 18.2 Å². The molecule has 1 aliphatic rings. The summed E-state index contributed by atoms with van der Waals surface area (Å²) in [6, 6.07) is 10.4. The van der Waals surface area contributed by atoms with Crippen LogP contribution in [0.5, 0.6) is 0 Å². The van der Waals surface area contributed by atoms with Crippen LogP contribution in [0.15, 0.2) is 35.2 Å². The summed E-state index contributed by atoms with van der Waals surface area (Å²) in [6.07, 6.45) is 4.09. The number of ketones is 1. The Morgan fingerprint density at radius 3 is 2.67 bits per heavy atom. The average molecular weight is 220 g/mol. The van der Waals surface area contributed by atoms with Gasteiger partial charge in [-0.05, 0) is 37.1 Å². The molecule has 0 unspecified atom stereocenters. The SMILES string of the molecule is O=C(CCCSc1ccccc1)C1CC1. The van der Waals surface area contributed by atoms with E-state index in [9.17, 15) is 4.79 Å². The summed E-state index contributed by atoms with van der Waals surface area (Å²) in [6.45, 7) is 0. The lowest BCUT2D eigenvalue weighted by atomic mass is 10.2. The molecular weight excluding hydrogens is 204 g/mol. The number of carbonyl (C=O) groups is 1. The van der Waals surface area contributed by atoms with Crippen molar-refractivity contribution in [3.63, 3.8) is 0 Å². The maximum atomic E-state index is 11.4. The maximum absolute atomic E-state index is 11.4. The van der Waals surface area contributed by atoms with E-state index in [0.717, 1.165) is 31.4 Å². The van der Waals surface area contributed by atoms with Gasteiger partial charge >= 0.3 is 0 Å². The van der Waals surface area contributed by atoms with Gasteiger partial charge in [-0.2, -0.15) is 0 Å². The highest BCUT2D eigenvalue weighted by atomic mass is 32.2. The van der Waals surface area contributed by atoms with E-state index in [4.69, 9.17) is 0 Å². The fraction of sp³-hybridized carbons (Fsp3) is 0.462. The lowest BCUT2D eigenvalue weighted by Gasteiger charge is -2.00. The van der Waals surface area contributed by atoms with Crippen LogP contribution in [0.4, 0.5) is 0 Å². The summed E-state index contributed by atoms with van der Waals surface area (Å²) in [5.74, 6) is 1.98. The third kappa shape index (κ3) is 3.71. The first-order valence-corrected chi connectivity index (χ1v) is 6.55. The highest BCUT2D eigenvalue weighted by molar-refractivity contribution is 7.99. The molecule has 1 fully saturated rings. The standard InChI is InChI=1S/C13H16OS/c14-13(11-8-9-11)7-4-10-15-12-5-2-1-3-6-12/h1-3,5-6,11H,4,7-10H2. The summed E-state index contributed by atoms with van der Waals surface area (Å²) in [4.78, 5) is 12.7. The second-order valence-corrected chi connectivity index (χ2v) is 5.17. The van der Waals surface area contributed by atoms with Gasteiger partial charge in [-0.15, -0.1) is 11.8 Å². The largest absolute Gasteiger partial charge is 0.299 e. The van der Waals surface area contributed by atoms with E-state index < -0.39 is 0 Å². The van der Waals surface area contributed by atoms with E-state index in [1.54, 1.807) is 0 Å². The first kappa shape index (κ1) is 10.7. The molecule has 1 saturated carbocycles. The fourth-order valence-corrected chi connectivity index (χ4v) is 2.44. The zero-order valence-electron chi connectivity index (χ0n) is 8.82. The van der Waals surface area contributed by atoms with E-state index >= 15 is 0 Å². The quantitative estimate of drug-likeness (QED) is 0.539. The normalized spacial score (nSPS) is 15.2. The van der Waals surface area contributed by atoms with Crippen molar-refractivity contribution in [3.05, 3.63) is 30.3 Å². The van der Waals surface area contributed by atoms with E-state index in [-0.39, 0.29) is 0 Å². The van der Waals surface area contributed by atoms with Gasteiger partial charge in [-0.3, -0.25) is 4.79 Å². The van der Waals surface area contributed by atoms with Crippen LogP contribution in [0.1, 0.15) is 25.7 Å². The first-order chi connectivity index (χ1) is 7.36. The topological polar surface area (TPSA) is 17.1 Å². The monoisotopic (exact) mass is 220 g/mol. The number of Topliss-reactive ketones (excluding diaryl/α,β-unsaturated/α-hetero) is 1. The Balaban J connectivity index is 1.60. The predicted octanol–water partition coefficient (Wildman–Crippen LogP) is 3.54. The van der Waals surface area contributed by atoms with Crippen LogP contribution in [-0.2, 0) is 4.79 Å². The Labute approximate surface area is 95.3 Å². The van der Waals surface area contributed by atoms with Gasteiger partial charge < -0.3 is 0 Å². The minimum atomic E-state index is 0.437. The van der Waals surface area contributed by atoms with E-state index in [2.05, 4.69) is 24.3 Å². The smallest absolute Gasteiger partial charge is 0.136 e. The molecule has 80 valence electrons. The van der Waals surface area contributed by atoms with Crippen LogP contribution in [0.25, 0.3) is 0 Å². The summed E-state index contributed by atoms with van der Waals surface area (Å²) in [5, 5.41) is 0. The summed E-state index contributed by atoms with van der Waals surface area (Å²) in [5.41, 5.74) is 0. The molecule has 15 heavy (non-hydrogen) atoms. The first-order valence-electron chi connectivity index (χ1n) is 5.57. The van der Waals surface area contributed by atoms with Gasteiger partial charge in [0.1, 0.15) is 5.78 Å². The van der Waals surface area contributed by atoms with Crippen LogP contribution in [0.2, 0.25) is 0 Å². The van der Waals surface area contributed by atoms with Crippen LogP contribution in [0.3, 0.4) is 0 Å². The summed E-state index contributed by atoms with van der Waals surface area (Å²) >= 11 is 1.84. The highest BCUT2D eigenvalue weighted by Gasteiger charge is 2.28. The number of hydrogen-bond donors (Lipinski definition) is 0. The molecule has 1 aromatic rings. The van der Waals surface area contributed by atoms with Gasteiger partial charge in [0.15, 0.2) is 0 Å². The summed E-state index contributed by atoms with van der Waals surface area (Å²) in [7, 11) is 0. The van der Waals surface area contributed by atoms with Gasteiger partial charge in [-0.25, -0.2) is 0 Å². The molecule has 0 aromatic heterocycles. The molecular formula is C13H16OS. The van der Waals surface area contributed by atoms with Gasteiger partial charge in [0.05, 0.1) is 0 Å². The van der Waals surface area contributed by atoms with E-state index in [1.165, 1.54) is 4.90 Å². The molecule has 0 aliphatic heterocycles. The van der Waals surface area contributed by atoms with Gasteiger partial charge in [0.2, 0.25) is 0 Å². The zero-order chi connectivity index (χ0) is 10.5. The Kier molecular flexibility index (Phi) is 3.84. The maximum Gasteiger partial charge on any atom is 0.136 e. The van der Waals surface area contributed by atoms with Crippen molar-refractivity contribution in [2.75, 3.05) is 5.75 Å². The van der Waals surface area contributed by atoms with Crippen molar-refractivity contribution in [1.29, 1.82) is 0 Å². The van der Waals surface area contributed by atoms with Crippen LogP contribution >= 0.6 is 11.8 Å².